The van der Waals surface area contributed by atoms with Crippen molar-refractivity contribution in [2.75, 3.05) is 9.80 Å². The average molecular weight is 787 g/mol. The van der Waals surface area contributed by atoms with Gasteiger partial charge in [-0.15, -0.1) is 0 Å². The molecule has 61 heavy (non-hydrogen) atoms. The number of nitrogens with zero attached hydrogens (tertiary/aromatic N) is 2. The Kier molecular flexibility index (Phi) is 9.65. The molecule has 0 heterocycles. The van der Waals surface area contributed by atoms with E-state index in [1.54, 1.807) is 0 Å². The second-order valence-electron chi connectivity index (χ2n) is 17.8. The van der Waals surface area contributed by atoms with Crippen LogP contribution in [0, 0.1) is 0 Å². The zero-order valence-electron chi connectivity index (χ0n) is 35.4. The van der Waals surface area contributed by atoms with E-state index in [-0.39, 0.29) is 10.8 Å². The van der Waals surface area contributed by atoms with Crippen LogP contribution in [0.2, 0.25) is 0 Å². The van der Waals surface area contributed by atoms with E-state index in [2.05, 4.69) is 256 Å². The van der Waals surface area contributed by atoms with Crippen molar-refractivity contribution in [3.05, 3.63) is 230 Å². The Bertz CT molecular complexity index is 2980. The Morgan fingerprint density at radius 3 is 1.30 bits per heavy atom. The van der Waals surface area contributed by atoms with Gasteiger partial charge in [-0.3, -0.25) is 0 Å². The summed E-state index contributed by atoms with van der Waals surface area (Å²) in [5.74, 6) is 0. The summed E-state index contributed by atoms with van der Waals surface area (Å²) in [7, 11) is 0. The first kappa shape index (κ1) is 38.1. The number of anilines is 6. The van der Waals surface area contributed by atoms with Crippen molar-refractivity contribution in [1.29, 1.82) is 0 Å². The molecule has 9 aromatic rings. The number of hydrogen-bond acceptors (Lipinski definition) is 2. The fourth-order valence-corrected chi connectivity index (χ4v) is 9.84. The van der Waals surface area contributed by atoms with E-state index in [0.717, 1.165) is 34.9 Å². The second kappa shape index (κ2) is 15.5. The summed E-state index contributed by atoms with van der Waals surface area (Å²) < 4.78 is 0. The van der Waals surface area contributed by atoms with Crippen molar-refractivity contribution in [3.8, 4) is 33.4 Å². The van der Waals surface area contributed by atoms with Crippen molar-refractivity contribution in [3.63, 3.8) is 0 Å². The lowest BCUT2D eigenvalue weighted by Crippen LogP contribution is -2.18. The van der Waals surface area contributed by atoms with Crippen LogP contribution >= 0.6 is 0 Å². The first-order valence-electron chi connectivity index (χ1n) is 21.5. The predicted octanol–water partition coefficient (Wildman–Crippen LogP) is 16.7. The standard InChI is InChI=1S/C59H50N2/c1-58(2)41-59(3,4)57-40-55(35-36-56(57)58)61(51-32-29-44(30-33-51)42-15-7-5-8-16-42)53-24-14-20-49(38-53)46-27-25-45(26-28-46)48-19-13-23-52(37-48)60(50-21-9-6-10-22-50)54-34-31-43-17-11-12-18-47(43)39-54/h5-40H,41H2,1-4H3. The van der Waals surface area contributed by atoms with E-state index in [0.29, 0.717) is 0 Å². The summed E-state index contributed by atoms with van der Waals surface area (Å²) in [6, 6.07) is 79.6. The summed E-state index contributed by atoms with van der Waals surface area (Å²) in [5, 5.41) is 2.46. The van der Waals surface area contributed by atoms with Gasteiger partial charge in [0.1, 0.15) is 0 Å². The molecule has 0 amide bonds. The first-order chi connectivity index (χ1) is 29.7. The average Bonchev–Trinajstić information content (AvgIpc) is 3.49. The van der Waals surface area contributed by atoms with Crippen LogP contribution in [-0.4, -0.2) is 0 Å². The molecule has 0 spiro atoms. The Balaban J connectivity index is 0.995. The van der Waals surface area contributed by atoms with Gasteiger partial charge in [-0.25, -0.2) is 0 Å². The molecule has 0 atom stereocenters. The molecule has 0 aromatic heterocycles. The summed E-state index contributed by atoms with van der Waals surface area (Å²) in [4.78, 5) is 4.77. The van der Waals surface area contributed by atoms with Crippen LogP contribution in [0.15, 0.2) is 218 Å². The van der Waals surface area contributed by atoms with Crippen LogP contribution in [0.4, 0.5) is 34.1 Å². The molecule has 0 N–H and O–H groups in total. The Hall–Kier alpha value is -7.16. The summed E-state index contributed by atoms with van der Waals surface area (Å²) in [5.41, 5.74) is 17.1. The highest BCUT2D eigenvalue weighted by Crippen LogP contribution is 2.51. The maximum Gasteiger partial charge on any atom is 0.0468 e. The van der Waals surface area contributed by atoms with Gasteiger partial charge in [-0.1, -0.05) is 173 Å². The second-order valence-corrected chi connectivity index (χ2v) is 17.8. The summed E-state index contributed by atoms with van der Waals surface area (Å²) in [6.45, 7) is 9.57. The van der Waals surface area contributed by atoms with Gasteiger partial charge in [0.05, 0.1) is 0 Å². The van der Waals surface area contributed by atoms with Crippen molar-refractivity contribution in [2.24, 2.45) is 0 Å². The van der Waals surface area contributed by atoms with Gasteiger partial charge in [0.25, 0.3) is 0 Å². The summed E-state index contributed by atoms with van der Waals surface area (Å²) >= 11 is 0. The topological polar surface area (TPSA) is 6.48 Å². The smallest absolute Gasteiger partial charge is 0.0468 e. The Morgan fingerprint density at radius 2 is 0.672 bits per heavy atom. The molecular formula is C59H50N2. The predicted molar refractivity (Wildman–Crippen MR) is 260 cm³/mol. The van der Waals surface area contributed by atoms with Crippen LogP contribution in [0.25, 0.3) is 44.2 Å². The number of para-hydroxylation sites is 1. The van der Waals surface area contributed by atoms with Gasteiger partial charge in [0, 0.05) is 34.1 Å². The highest BCUT2D eigenvalue weighted by atomic mass is 15.1. The number of fused-ring (bicyclic) bond motifs is 2. The number of benzene rings is 9. The maximum atomic E-state index is 2.45. The molecule has 10 rings (SSSR count). The largest absolute Gasteiger partial charge is 0.310 e. The quantitative estimate of drug-likeness (QED) is 0.144. The lowest BCUT2D eigenvalue weighted by molar-refractivity contribution is 0.403. The zero-order chi connectivity index (χ0) is 41.6. The Labute approximate surface area is 361 Å². The fourth-order valence-electron chi connectivity index (χ4n) is 9.84. The first-order valence-corrected chi connectivity index (χ1v) is 21.5. The zero-order valence-corrected chi connectivity index (χ0v) is 35.4. The highest BCUT2D eigenvalue weighted by molar-refractivity contribution is 5.90. The van der Waals surface area contributed by atoms with Crippen molar-refractivity contribution >= 4 is 44.9 Å². The van der Waals surface area contributed by atoms with Gasteiger partial charge < -0.3 is 9.80 Å². The van der Waals surface area contributed by atoms with E-state index in [9.17, 15) is 0 Å². The molecule has 9 aromatic carbocycles. The fraction of sp³-hybridized carbons (Fsp3) is 0.119. The van der Waals surface area contributed by atoms with Gasteiger partial charge in [0.2, 0.25) is 0 Å². The molecule has 0 radical (unpaired) electrons. The molecule has 0 unspecified atom stereocenters. The highest BCUT2D eigenvalue weighted by Gasteiger charge is 2.42. The van der Waals surface area contributed by atoms with Crippen LogP contribution < -0.4 is 9.80 Å². The van der Waals surface area contributed by atoms with Crippen LogP contribution in [0.5, 0.6) is 0 Å². The number of hydrogen-bond donors (Lipinski definition) is 0. The van der Waals surface area contributed by atoms with Crippen molar-refractivity contribution in [2.45, 2.75) is 44.9 Å². The number of rotatable bonds is 9. The molecule has 0 saturated heterocycles. The molecule has 2 heteroatoms. The van der Waals surface area contributed by atoms with Gasteiger partial charge >= 0.3 is 0 Å². The SMILES string of the molecule is CC1(C)CC(C)(C)c2cc(N(c3ccc(-c4ccccc4)cc3)c3cccc(-c4ccc(-c5cccc(N(c6ccccc6)c6ccc7ccccc7c6)c5)cc4)c3)ccc21. The van der Waals surface area contributed by atoms with Crippen molar-refractivity contribution in [1.82, 2.24) is 0 Å². The van der Waals surface area contributed by atoms with E-state index in [1.807, 2.05) is 0 Å². The third-order valence-electron chi connectivity index (χ3n) is 12.6. The molecule has 0 fully saturated rings. The monoisotopic (exact) mass is 786 g/mol. The molecule has 296 valence electrons. The molecular weight excluding hydrogens is 737 g/mol. The third-order valence-corrected chi connectivity index (χ3v) is 12.6. The van der Waals surface area contributed by atoms with Crippen LogP contribution in [0.3, 0.4) is 0 Å². The van der Waals surface area contributed by atoms with Gasteiger partial charge in [0.15, 0.2) is 0 Å². The molecule has 0 aliphatic heterocycles. The molecule has 0 saturated carbocycles. The van der Waals surface area contributed by atoms with E-state index >= 15 is 0 Å². The normalized spacial score (nSPS) is 13.8. The van der Waals surface area contributed by atoms with Crippen LogP contribution in [0.1, 0.15) is 45.2 Å². The maximum absolute atomic E-state index is 2.45. The third kappa shape index (κ3) is 7.40. The van der Waals surface area contributed by atoms with E-state index in [4.69, 9.17) is 0 Å². The minimum absolute atomic E-state index is 0.0943. The van der Waals surface area contributed by atoms with E-state index in [1.165, 1.54) is 61.0 Å². The van der Waals surface area contributed by atoms with Gasteiger partial charge in [-0.2, -0.15) is 0 Å². The van der Waals surface area contributed by atoms with Gasteiger partial charge in [-0.05, 0) is 145 Å². The summed E-state index contributed by atoms with van der Waals surface area (Å²) in [6.07, 6.45) is 1.13. The minimum Gasteiger partial charge on any atom is -0.310 e. The van der Waals surface area contributed by atoms with Crippen molar-refractivity contribution < 1.29 is 0 Å². The molecule has 1 aliphatic rings. The lowest BCUT2D eigenvalue weighted by Gasteiger charge is -2.28. The molecule has 2 nitrogen and oxygen atoms in total. The van der Waals surface area contributed by atoms with Crippen LogP contribution in [-0.2, 0) is 10.8 Å². The minimum atomic E-state index is 0.0943. The lowest BCUT2D eigenvalue weighted by atomic mass is 9.82. The molecule has 1 aliphatic carbocycles. The Morgan fingerprint density at radius 1 is 0.279 bits per heavy atom. The van der Waals surface area contributed by atoms with E-state index < -0.39 is 0 Å². The molecule has 0 bridgehead atoms.